The smallest absolute Gasteiger partial charge is 0.0781 e. The number of hydrogen-bond donors (Lipinski definition) is 0. The first kappa shape index (κ1) is 36.4. The molecule has 11 rings (SSSR count). The van der Waals surface area contributed by atoms with Gasteiger partial charge in [0.1, 0.15) is 0 Å². The lowest BCUT2D eigenvalue weighted by atomic mass is 9.73. The summed E-state index contributed by atoms with van der Waals surface area (Å²) in [5.41, 5.74) is 16.3. The van der Waals surface area contributed by atoms with Crippen molar-refractivity contribution < 1.29 is 0 Å². The Morgan fingerprint density at radius 2 is 0.852 bits per heavy atom. The molecule has 0 fully saturated rings. The number of fused-ring (bicyclic) bond motifs is 4. The zero-order valence-electron chi connectivity index (χ0n) is 34.3. The van der Waals surface area contributed by atoms with Crippen molar-refractivity contribution >= 4 is 55.7 Å². The van der Waals surface area contributed by atoms with Crippen molar-refractivity contribution in [1.82, 2.24) is 0 Å². The Hall–Kier alpha value is -7.68. The Kier molecular flexibility index (Phi) is 8.86. The van der Waals surface area contributed by atoms with Crippen LogP contribution in [-0.4, -0.2) is 0 Å². The van der Waals surface area contributed by atoms with E-state index in [9.17, 15) is 0 Å². The van der Waals surface area contributed by atoms with Crippen molar-refractivity contribution in [3.63, 3.8) is 0 Å². The van der Waals surface area contributed by atoms with Gasteiger partial charge in [0.25, 0.3) is 0 Å². The molecule has 0 unspecified atom stereocenters. The van der Waals surface area contributed by atoms with Gasteiger partial charge in [-0.1, -0.05) is 202 Å². The minimum absolute atomic E-state index is 0.245. The largest absolute Gasteiger partial charge is 0.308 e. The number of benzene rings is 10. The maximum absolute atomic E-state index is 2.56. The Bertz CT molecular complexity index is 3110. The van der Waals surface area contributed by atoms with Gasteiger partial charge in [-0.2, -0.15) is 0 Å². The molecule has 10 aromatic rings. The molecule has 0 amide bonds. The van der Waals surface area contributed by atoms with E-state index in [-0.39, 0.29) is 5.41 Å². The lowest BCUT2D eigenvalue weighted by Gasteiger charge is -2.44. The maximum Gasteiger partial charge on any atom is 0.0781 e. The molecule has 0 saturated heterocycles. The number of para-hydroxylation sites is 1. The second kappa shape index (κ2) is 14.9. The SMILES string of the molecule is CC1(C)c2ccccc2N(c2c(N(c3ccc(-c4ccccc4)cc3)c3ccc(-c4ccccc4)cc3)ccc3ccccc23)c2cc(-c3cccc4ccccc34)ccc21. The number of nitrogens with zero attached hydrogens (tertiary/aromatic N) is 2. The van der Waals surface area contributed by atoms with Crippen LogP contribution in [0.25, 0.3) is 54.9 Å². The van der Waals surface area contributed by atoms with Crippen molar-refractivity contribution in [2.24, 2.45) is 0 Å². The molecule has 1 aliphatic rings. The Balaban J connectivity index is 1.18. The highest BCUT2D eigenvalue weighted by molar-refractivity contribution is 6.09. The van der Waals surface area contributed by atoms with Crippen LogP contribution < -0.4 is 9.80 Å². The molecule has 0 atom stereocenters. The molecule has 0 aromatic heterocycles. The Morgan fingerprint density at radius 1 is 0.361 bits per heavy atom. The maximum atomic E-state index is 2.56. The fourth-order valence-electron chi connectivity index (χ4n) is 9.56. The molecule has 1 aliphatic heterocycles. The van der Waals surface area contributed by atoms with Crippen molar-refractivity contribution in [2.75, 3.05) is 9.80 Å². The molecular weight excluding hydrogens is 737 g/mol. The van der Waals surface area contributed by atoms with E-state index in [1.165, 1.54) is 77.4 Å². The van der Waals surface area contributed by atoms with E-state index in [4.69, 9.17) is 0 Å². The summed E-state index contributed by atoms with van der Waals surface area (Å²) in [5, 5.41) is 4.86. The van der Waals surface area contributed by atoms with Crippen molar-refractivity contribution in [3.05, 3.63) is 242 Å². The summed E-state index contributed by atoms with van der Waals surface area (Å²) in [6.45, 7) is 4.75. The lowest BCUT2D eigenvalue weighted by molar-refractivity contribution is 0.632. The summed E-state index contributed by atoms with van der Waals surface area (Å²) in [4.78, 5) is 5.01. The van der Waals surface area contributed by atoms with Gasteiger partial charge in [0, 0.05) is 22.2 Å². The van der Waals surface area contributed by atoms with Crippen molar-refractivity contribution in [3.8, 4) is 33.4 Å². The molecule has 10 aromatic carbocycles. The first-order valence-corrected chi connectivity index (χ1v) is 21.2. The van der Waals surface area contributed by atoms with Crippen LogP contribution in [0.1, 0.15) is 25.0 Å². The summed E-state index contributed by atoms with van der Waals surface area (Å²) in [5.74, 6) is 0. The fourth-order valence-corrected chi connectivity index (χ4v) is 9.56. The van der Waals surface area contributed by atoms with Crippen LogP contribution in [0.15, 0.2) is 231 Å². The standard InChI is InChI=1S/C59H44N2/c1-59(2)53-26-13-14-27-55(53)61(57-40-47(32-38-54(57)59)51-25-15-22-45-20-9-11-23-50(45)51)58-52-24-12-10-21-46(52)33-39-56(58)60(48-34-28-43(29-35-48)41-16-5-3-6-17-41)49-36-30-44(31-37-49)42-18-7-4-8-19-42/h3-40H,1-2H3. The molecule has 0 aliphatic carbocycles. The normalized spacial score (nSPS) is 12.9. The lowest BCUT2D eigenvalue weighted by Crippen LogP contribution is -2.31. The van der Waals surface area contributed by atoms with Gasteiger partial charge in [-0.25, -0.2) is 0 Å². The molecule has 61 heavy (non-hydrogen) atoms. The second-order valence-electron chi connectivity index (χ2n) is 16.6. The van der Waals surface area contributed by atoms with E-state index in [1.807, 2.05) is 0 Å². The third kappa shape index (κ3) is 6.27. The second-order valence-corrected chi connectivity index (χ2v) is 16.6. The minimum atomic E-state index is -0.245. The number of anilines is 6. The molecule has 2 nitrogen and oxygen atoms in total. The quantitative estimate of drug-likeness (QED) is 0.159. The Morgan fingerprint density at radius 3 is 1.51 bits per heavy atom. The summed E-state index contributed by atoms with van der Waals surface area (Å²) < 4.78 is 0. The average Bonchev–Trinajstić information content (AvgIpc) is 3.33. The van der Waals surface area contributed by atoms with Crippen LogP contribution >= 0.6 is 0 Å². The summed E-state index contributed by atoms with van der Waals surface area (Å²) in [6.07, 6.45) is 0. The summed E-state index contributed by atoms with van der Waals surface area (Å²) >= 11 is 0. The molecule has 2 heteroatoms. The molecule has 0 bridgehead atoms. The van der Waals surface area contributed by atoms with E-state index in [0.29, 0.717) is 0 Å². The van der Waals surface area contributed by atoms with E-state index in [2.05, 4.69) is 254 Å². The van der Waals surface area contributed by atoms with Crippen LogP contribution in [0.3, 0.4) is 0 Å². The van der Waals surface area contributed by atoms with Crippen LogP contribution in [0.2, 0.25) is 0 Å². The van der Waals surface area contributed by atoms with Gasteiger partial charge in [0.05, 0.1) is 22.7 Å². The van der Waals surface area contributed by atoms with Crippen molar-refractivity contribution in [1.29, 1.82) is 0 Å². The summed E-state index contributed by atoms with van der Waals surface area (Å²) in [7, 11) is 0. The van der Waals surface area contributed by atoms with Gasteiger partial charge in [0.15, 0.2) is 0 Å². The van der Waals surface area contributed by atoms with Gasteiger partial charge in [-0.15, -0.1) is 0 Å². The molecular formula is C59H44N2. The van der Waals surface area contributed by atoms with E-state index in [1.54, 1.807) is 0 Å². The molecule has 0 radical (unpaired) electrons. The zero-order valence-corrected chi connectivity index (χ0v) is 34.3. The highest BCUT2D eigenvalue weighted by atomic mass is 15.2. The van der Waals surface area contributed by atoms with Crippen LogP contribution in [-0.2, 0) is 5.41 Å². The van der Waals surface area contributed by atoms with Crippen LogP contribution in [0.5, 0.6) is 0 Å². The van der Waals surface area contributed by atoms with Gasteiger partial charge >= 0.3 is 0 Å². The summed E-state index contributed by atoms with van der Waals surface area (Å²) in [6, 6.07) is 84.3. The first-order chi connectivity index (χ1) is 30.0. The molecule has 0 N–H and O–H groups in total. The monoisotopic (exact) mass is 780 g/mol. The first-order valence-electron chi connectivity index (χ1n) is 21.2. The number of rotatable bonds is 7. The zero-order chi connectivity index (χ0) is 40.9. The highest BCUT2D eigenvalue weighted by Crippen LogP contribution is 2.57. The van der Waals surface area contributed by atoms with Gasteiger partial charge in [-0.05, 0) is 103 Å². The van der Waals surface area contributed by atoms with Gasteiger partial charge in [0.2, 0.25) is 0 Å². The van der Waals surface area contributed by atoms with E-state index >= 15 is 0 Å². The number of hydrogen-bond acceptors (Lipinski definition) is 2. The predicted octanol–water partition coefficient (Wildman–Crippen LogP) is 16.6. The third-order valence-electron chi connectivity index (χ3n) is 12.6. The fraction of sp³-hybridized carbons (Fsp3) is 0.0508. The van der Waals surface area contributed by atoms with Crippen LogP contribution in [0, 0.1) is 0 Å². The Labute approximate surface area is 358 Å². The predicted molar refractivity (Wildman–Crippen MR) is 259 cm³/mol. The topological polar surface area (TPSA) is 6.48 Å². The third-order valence-corrected chi connectivity index (χ3v) is 12.6. The molecule has 0 spiro atoms. The van der Waals surface area contributed by atoms with Crippen LogP contribution in [0.4, 0.5) is 34.1 Å². The van der Waals surface area contributed by atoms with Gasteiger partial charge in [-0.3, -0.25) is 0 Å². The van der Waals surface area contributed by atoms with E-state index in [0.717, 1.165) is 22.7 Å². The van der Waals surface area contributed by atoms with Crippen molar-refractivity contribution in [2.45, 2.75) is 19.3 Å². The average molecular weight is 781 g/mol. The molecule has 1 heterocycles. The molecule has 0 saturated carbocycles. The highest BCUT2D eigenvalue weighted by Gasteiger charge is 2.39. The van der Waals surface area contributed by atoms with Gasteiger partial charge < -0.3 is 9.80 Å². The molecule has 290 valence electrons. The van der Waals surface area contributed by atoms with E-state index < -0.39 is 0 Å². The minimum Gasteiger partial charge on any atom is -0.308 e.